The lowest BCUT2D eigenvalue weighted by Gasteiger charge is -2.33. The van der Waals surface area contributed by atoms with Crippen LogP contribution in [0.3, 0.4) is 0 Å². The summed E-state index contributed by atoms with van der Waals surface area (Å²) in [5, 5.41) is 3.06. The quantitative estimate of drug-likeness (QED) is 0.290. The fourth-order valence-corrected chi connectivity index (χ4v) is 5.93. The highest BCUT2D eigenvalue weighted by atomic mass is 35.5. The van der Waals surface area contributed by atoms with E-state index in [1.807, 2.05) is 51.1 Å². The van der Waals surface area contributed by atoms with Crippen molar-refractivity contribution >= 4 is 50.7 Å². The molecule has 39 heavy (non-hydrogen) atoms. The van der Waals surface area contributed by atoms with Gasteiger partial charge in [-0.05, 0) is 42.2 Å². The molecule has 0 fully saturated rings. The molecule has 3 rings (SSSR count). The van der Waals surface area contributed by atoms with Crippen LogP contribution in [0.2, 0.25) is 10.0 Å². The first kappa shape index (κ1) is 30.5. The number of amides is 2. The molecule has 2 amide bonds. The molecule has 0 aliphatic rings. The molecule has 0 aliphatic heterocycles. The number of hydrogen-bond acceptors (Lipinski definition) is 4. The maximum absolute atomic E-state index is 14.0. The van der Waals surface area contributed by atoms with Gasteiger partial charge < -0.3 is 10.2 Å². The van der Waals surface area contributed by atoms with Gasteiger partial charge in [0.2, 0.25) is 11.8 Å². The second-order valence-corrected chi connectivity index (χ2v) is 12.1. The Labute approximate surface area is 240 Å². The summed E-state index contributed by atoms with van der Waals surface area (Å²) in [7, 11) is -4.23. The van der Waals surface area contributed by atoms with Crippen LogP contribution in [0.5, 0.6) is 0 Å². The van der Waals surface area contributed by atoms with Crippen molar-refractivity contribution in [3.63, 3.8) is 0 Å². The molecule has 0 aliphatic carbocycles. The summed E-state index contributed by atoms with van der Waals surface area (Å²) >= 11 is 12.7. The van der Waals surface area contributed by atoms with E-state index in [9.17, 15) is 18.0 Å². The number of benzene rings is 3. The third-order valence-electron chi connectivity index (χ3n) is 6.08. The average Bonchev–Trinajstić information content (AvgIpc) is 2.93. The van der Waals surface area contributed by atoms with Gasteiger partial charge >= 0.3 is 0 Å². The third kappa shape index (κ3) is 7.75. The fourth-order valence-electron chi connectivity index (χ4n) is 4.04. The molecule has 10 heteroatoms. The smallest absolute Gasteiger partial charge is 0.264 e. The molecule has 0 radical (unpaired) electrons. The molecule has 0 saturated carbocycles. The zero-order chi connectivity index (χ0) is 28.6. The van der Waals surface area contributed by atoms with Crippen LogP contribution in [0.25, 0.3) is 0 Å². The summed E-state index contributed by atoms with van der Waals surface area (Å²) in [6.07, 6.45) is 0.339. The molecule has 1 atom stereocenters. The average molecular weight is 591 g/mol. The molecule has 208 valence electrons. The first-order chi connectivity index (χ1) is 18.6. The van der Waals surface area contributed by atoms with Gasteiger partial charge in [0, 0.05) is 13.1 Å². The van der Waals surface area contributed by atoms with Crippen molar-refractivity contribution < 1.29 is 18.0 Å². The molecular formula is C29H33Cl2N3O4S. The number of nitrogens with one attached hydrogen (secondary N) is 1. The van der Waals surface area contributed by atoms with Crippen molar-refractivity contribution in [2.24, 2.45) is 5.92 Å². The lowest BCUT2D eigenvalue weighted by Crippen LogP contribution is -2.52. The Morgan fingerprint density at radius 2 is 1.51 bits per heavy atom. The van der Waals surface area contributed by atoms with Gasteiger partial charge in [0.15, 0.2) is 0 Å². The first-order valence-electron chi connectivity index (χ1n) is 12.7. The van der Waals surface area contributed by atoms with Gasteiger partial charge in [-0.2, -0.15) is 0 Å². The Kier molecular flexibility index (Phi) is 10.8. The zero-order valence-electron chi connectivity index (χ0n) is 22.2. The normalized spacial score (nSPS) is 12.2. The van der Waals surface area contributed by atoms with Crippen LogP contribution in [-0.4, -0.2) is 44.3 Å². The van der Waals surface area contributed by atoms with E-state index in [2.05, 4.69) is 5.32 Å². The standard InChI is InChI=1S/C29H33Cl2N3O4S/c1-4-25(29(36)32-18-21(2)3)33(19-22-12-7-5-8-13-22)27(35)20-34(26-17-11-16-24(30)28(26)31)39(37,38)23-14-9-6-10-15-23/h5-17,21,25H,4,18-20H2,1-3H3,(H,32,36)/t25-/m1/s1. The Bertz CT molecular complexity index is 1370. The molecule has 0 aromatic heterocycles. The van der Waals surface area contributed by atoms with Gasteiger partial charge in [0.05, 0.1) is 20.6 Å². The molecule has 0 bridgehead atoms. The highest BCUT2D eigenvalue weighted by molar-refractivity contribution is 7.92. The number of sulfonamides is 1. The van der Waals surface area contributed by atoms with Gasteiger partial charge in [-0.1, -0.05) is 98.6 Å². The van der Waals surface area contributed by atoms with Crippen molar-refractivity contribution in [3.05, 3.63) is 94.5 Å². The largest absolute Gasteiger partial charge is 0.354 e. The maximum atomic E-state index is 14.0. The number of hydrogen-bond donors (Lipinski definition) is 1. The van der Waals surface area contributed by atoms with E-state index in [1.54, 1.807) is 24.3 Å². The van der Waals surface area contributed by atoms with Crippen LogP contribution in [0.4, 0.5) is 5.69 Å². The summed E-state index contributed by atoms with van der Waals surface area (Å²) in [6, 6.07) is 20.8. The number of anilines is 1. The molecule has 0 spiro atoms. The summed E-state index contributed by atoms with van der Waals surface area (Å²) in [5.41, 5.74) is 0.873. The Morgan fingerprint density at radius 3 is 2.10 bits per heavy atom. The number of carbonyl (C=O) groups excluding carboxylic acids is 2. The van der Waals surface area contributed by atoms with Crippen LogP contribution < -0.4 is 9.62 Å². The van der Waals surface area contributed by atoms with Gasteiger partial charge in [-0.3, -0.25) is 13.9 Å². The fraction of sp³-hybridized carbons (Fsp3) is 0.310. The predicted octanol–water partition coefficient (Wildman–Crippen LogP) is 5.77. The van der Waals surface area contributed by atoms with Crippen LogP contribution >= 0.6 is 23.2 Å². The highest BCUT2D eigenvalue weighted by Crippen LogP contribution is 2.35. The van der Waals surface area contributed by atoms with Crippen molar-refractivity contribution in [1.29, 1.82) is 0 Å². The van der Waals surface area contributed by atoms with Gasteiger partial charge in [-0.25, -0.2) is 8.42 Å². The van der Waals surface area contributed by atoms with Crippen molar-refractivity contribution in [2.75, 3.05) is 17.4 Å². The van der Waals surface area contributed by atoms with Crippen LogP contribution in [-0.2, 0) is 26.2 Å². The molecule has 3 aromatic rings. The zero-order valence-corrected chi connectivity index (χ0v) is 24.5. The number of rotatable bonds is 12. The molecule has 1 N–H and O–H groups in total. The molecule has 0 heterocycles. The summed E-state index contributed by atoms with van der Waals surface area (Å²) in [4.78, 5) is 28.6. The van der Waals surface area contributed by atoms with Crippen molar-refractivity contribution in [1.82, 2.24) is 10.2 Å². The van der Waals surface area contributed by atoms with E-state index in [1.165, 1.54) is 29.2 Å². The molecule has 0 unspecified atom stereocenters. The molecule has 0 saturated heterocycles. The minimum atomic E-state index is -4.23. The highest BCUT2D eigenvalue weighted by Gasteiger charge is 2.34. The van der Waals surface area contributed by atoms with E-state index in [4.69, 9.17) is 23.2 Å². The van der Waals surface area contributed by atoms with E-state index in [0.29, 0.717) is 13.0 Å². The predicted molar refractivity (Wildman–Crippen MR) is 156 cm³/mol. The number of nitrogens with zero attached hydrogens (tertiary/aromatic N) is 2. The summed E-state index contributed by atoms with van der Waals surface area (Å²) < 4.78 is 28.6. The maximum Gasteiger partial charge on any atom is 0.264 e. The van der Waals surface area contributed by atoms with Crippen LogP contribution in [0.1, 0.15) is 32.8 Å². The topological polar surface area (TPSA) is 86.8 Å². The van der Waals surface area contributed by atoms with Gasteiger partial charge in [0.25, 0.3) is 10.0 Å². The Balaban J connectivity index is 2.06. The third-order valence-corrected chi connectivity index (χ3v) is 8.66. The monoisotopic (exact) mass is 589 g/mol. The molecule has 3 aromatic carbocycles. The van der Waals surface area contributed by atoms with E-state index >= 15 is 0 Å². The van der Waals surface area contributed by atoms with Crippen molar-refractivity contribution in [2.45, 2.75) is 44.7 Å². The number of halogens is 2. The second kappa shape index (κ2) is 13.8. The van der Waals surface area contributed by atoms with Gasteiger partial charge in [-0.15, -0.1) is 0 Å². The SMILES string of the molecule is CC[C@H](C(=O)NCC(C)C)N(Cc1ccccc1)C(=O)CN(c1cccc(Cl)c1Cl)S(=O)(=O)c1ccccc1. The van der Waals surface area contributed by atoms with Crippen molar-refractivity contribution in [3.8, 4) is 0 Å². The van der Waals surface area contributed by atoms with E-state index in [0.717, 1.165) is 9.87 Å². The molecule has 7 nitrogen and oxygen atoms in total. The first-order valence-corrected chi connectivity index (χ1v) is 14.9. The van der Waals surface area contributed by atoms with Crippen LogP contribution in [0.15, 0.2) is 83.8 Å². The number of carbonyl (C=O) groups is 2. The minimum Gasteiger partial charge on any atom is -0.354 e. The van der Waals surface area contributed by atoms with E-state index < -0.39 is 28.5 Å². The lowest BCUT2D eigenvalue weighted by molar-refractivity contribution is -0.140. The minimum absolute atomic E-state index is 0.00259. The summed E-state index contributed by atoms with van der Waals surface area (Å²) in [6.45, 7) is 5.77. The lowest BCUT2D eigenvalue weighted by atomic mass is 10.1. The Hall–Kier alpha value is -3.07. The molecular weight excluding hydrogens is 557 g/mol. The second-order valence-electron chi connectivity index (χ2n) is 9.47. The van der Waals surface area contributed by atoms with E-state index in [-0.39, 0.29) is 39.0 Å². The van der Waals surface area contributed by atoms with Crippen LogP contribution in [0, 0.1) is 5.92 Å². The summed E-state index contributed by atoms with van der Waals surface area (Å²) in [5.74, 6) is -0.629. The Morgan fingerprint density at radius 1 is 0.897 bits per heavy atom. The van der Waals surface area contributed by atoms with Gasteiger partial charge in [0.1, 0.15) is 12.6 Å².